The first-order valence-corrected chi connectivity index (χ1v) is 6.24. The molecule has 1 heterocycles. The number of carboxylic acids is 1. The SMILES string of the molecule is CC(C)(C)CNc1ccc2c(C(=O)O)cccc2n1. The van der Waals surface area contributed by atoms with E-state index in [2.05, 4.69) is 31.1 Å². The number of rotatable bonds is 3. The highest BCUT2D eigenvalue weighted by atomic mass is 16.4. The third-order valence-electron chi connectivity index (χ3n) is 2.76. The molecule has 0 unspecified atom stereocenters. The predicted molar refractivity (Wildman–Crippen MR) is 76.6 cm³/mol. The molecule has 0 bridgehead atoms. The van der Waals surface area contributed by atoms with E-state index in [1.807, 2.05) is 12.1 Å². The maximum atomic E-state index is 11.1. The first-order chi connectivity index (χ1) is 8.87. The highest BCUT2D eigenvalue weighted by Gasteiger charge is 2.11. The van der Waals surface area contributed by atoms with Gasteiger partial charge in [0.05, 0.1) is 11.1 Å². The Morgan fingerprint density at radius 1 is 1.26 bits per heavy atom. The molecule has 0 atom stereocenters. The number of nitrogens with zero attached hydrogens (tertiary/aromatic N) is 1. The van der Waals surface area contributed by atoms with Crippen LogP contribution in [-0.2, 0) is 0 Å². The molecule has 2 rings (SSSR count). The molecule has 4 nitrogen and oxygen atoms in total. The zero-order chi connectivity index (χ0) is 14.0. The molecule has 0 saturated carbocycles. The lowest BCUT2D eigenvalue weighted by Gasteiger charge is -2.19. The smallest absolute Gasteiger partial charge is 0.336 e. The standard InChI is InChI=1S/C15H18N2O2/c1-15(2,3)9-16-13-8-7-10-11(14(18)19)5-4-6-12(10)17-13/h4-8H,9H2,1-3H3,(H,16,17)(H,18,19). The molecule has 0 aliphatic heterocycles. The molecular weight excluding hydrogens is 240 g/mol. The maximum Gasteiger partial charge on any atom is 0.336 e. The monoisotopic (exact) mass is 258 g/mol. The topological polar surface area (TPSA) is 62.2 Å². The van der Waals surface area contributed by atoms with Gasteiger partial charge >= 0.3 is 5.97 Å². The summed E-state index contributed by atoms with van der Waals surface area (Å²) in [6, 6.07) is 8.75. The number of aromatic carboxylic acids is 1. The van der Waals surface area contributed by atoms with Crippen LogP contribution >= 0.6 is 0 Å². The van der Waals surface area contributed by atoms with Crippen molar-refractivity contribution in [1.82, 2.24) is 4.98 Å². The van der Waals surface area contributed by atoms with E-state index in [0.717, 1.165) is 12.4 Å². The van der Waals surface area contributed by atoms with Crippen molar-refractivity contribution in [2.75, 3.05) is 11.9 Å². The van der Waals surface area contributed by atoms with Crippen LogP contribution in [0, 0.1) is 5.41 Å². The molecule has 2 N–H and O–H groups in total. The Kier molecular flexibility index (Phi) is 3.42. The lowest BCUT2D eigenvalue weighted by atomic mass is 9.97. The molecule has 0 amide bonds. The quantitative estimate of drug-likeness (QED) is 0.885. The minimum absolute atomic E-state index is 0.166. The van der Waals surface area contributed by atoms with E-state index >= 15 is 0 Å². The number of carboxylic acid groups (broad SMARTS) is 1. The summed E-state index contributed by atoms with van der Waals surface area (Å²) >= 11 is 0. The van der Waals surface area contributed by atoms with Crippen molar-refractivity contribution in [2.45, 2.75) is 20.8 Å². The number of hydrogen-bond donors (Lipinski definition) is 2. The van der Waals surface area contributed by atoms with Gasteiger partial charge < -0.3 is 10.4 Å². The van der Waals surface area contributed by atoms with E-state index in [1.165, 1.54) is 0 Å². The number of anilines is 1. The van der Waals surface area contributed by atoms with E-state index in [0.29, 0.717) is 10.9 Å². The normalized spacial score (nSPS) is 11.5. The average Bonchev–Trinajstić information content (AvgIpc) is 2.34. The second-order valence-electron chi connectivity index (χ2n) is 5.79. The molecule has 100 valence electrons. The van der Waals surface area contributed by atoms with Crippen molar-refractivity contribution < 1.29 is 9.90 Å². The highest BCUT2D eigenvalue weighted by Crippen LogP contribution is 2.20. The Bertz CT molecular complexity index is 615. The molecule has 4 heteroatoms. The van der Waals surface area contributed by atoms with Crippen LogP contribution in [-0.4, -0.2) is 22.6 Å². The number of nitrogens with one attached hydrogen (secondary N) is 1. The number of carbonyl (C=O) groups is 1. The first kappa shape index (κ1) is 13.3. The summed E-state index contributed by atoms with van der Waals surface area (Å²) in [5.74, 6) is -0.159. The Hall–Kier alpha value is -2.10. The lowest BCUT2D eigenvalue weighted by Crippen LogP contribution is -2.19. The molecule has 19 heavy (non-hydrogen) atoms. The van der Waals surface area contributed by atoms with Crippen LogP contribution < -0.4 is 5.32 Å². The van der Waals surface area contributed by atoms with Gasteiger partial charge in [0.1, 0.15) is 5.82 Å². The number of hydrogen-bond acceptors (Lipinski definition) is 3. The van der Waals surface area contributed by atoms with Crippen molar-refractivity contribution in [1.29, 1.82) is 0 Å². The summed E-state index contributed by atoms with van der Waals surface area (Å²) in [6.45, 7) is 7.24. The van der Waals surface area contributed by atoms with E-state index < -0.39 is 5.97 Å². The van der Waals surface area contributed by atoms with Gasteiger partial charge in [-0.15, -0.1) is 0 Å². The van der Waals surface area contributed by atoms with Gasteiger partial charge in [-0.2, -0.15) is 0 Å². The molecule has 0 aliphatic rings. The van der Waals surface area contributed by atoms with Crippen molar-refractivity contribution in [2.24, 2.45) is 5.41 Å². The zero-order valence-corrected chi connectivity index (χ0v) is 11.4. The minimum atomic E-state index is -0.928. The van der Waals surface area contributed by atoms with Crippen LogP contribution in [0.1, 0.15) is 31.1 Å². The van der Waals surface area contributed by atoms with Gasteiger partial charge in [-0.05, 0) is 29.7 Å². The van der Waals surface area contributed by atoms with Gasteiger partial charge in [-0.25, -0.2) is 9.78 Å². The Morgan fingerprint density at radius 3 is 2.63 bits per heavy atom. The summed E-state index contributed by atoms with van der Waals surface area (Å²) in [5.41, 5.74) is 1.14. The summed E-state index contributed by atoms with van der Waals surface area (Å²) in [4.78, 5) is 15.6. The average molecular weight is 258 g/mol. The molecule has 1 aromatic heterocycles. The van der Waals surface area contributed by atoms with Crippen molar-refractivity contribution in [3.63, 3.8) is 0 Å². The fourth-order valence-corrected chi connectivity index (χ4v) is 1.80. The second-order valence-corrected chi connectivity index (χ2v) is 5.79. The fourth-order valence-electron chi connectivity index (χ4n) is 1.80. The lowest BCUT2D eigenvalue weighted by molar-refractivity contribution is 0.0699. The first-order valence-electron chi connectivity index (χ1n) is 6.24. The van der Waals surface area contributed by atoms with Gasteiger partial charge in [0.25, 0.3) is 0 Å². The Morgan fingerprint density at radius 2 is 2.00 bits per heavy atom. The van der Waals surface area contributed by atoms with Crippen LogP contribution in [0.25, 0.3) is 10.9 Å². The van der Waals surface area contributed by atoms with E-state index in [4.69, 9.17) is 5.11 Å². The number of pyridine rings is 1. The zero-order valence-electron chi connectivity index (χ0n) is 11.4. The third kappa shape index (κ3) is 3.22. The van der Waals surface area contributed by atoms with Gasteiger partial charge in [0, 0.05) is 11.9 Å². The fraction of sp³-hybridized carbons (Fsp3) is 0.333. The molecule has 0 spiro atoms. The molecule has 1 aromatic carbocycles. The highest BCUT2D eigenvalue weighted by molar-refractivity contribution is 6.02. The second kappa shape index (κ2) is 4.88. The largest absolute Gasteiger partial charge is 0.478 e. The van der Waals surface area contributed by atoms with Crippen LogP contribution in [0.15, 0.2) is 30.3 Å². The third-order valence-corrected chi connectivity index (χ3v) is 2.76. The van der Waals surface area contributed by atoms with Crippen molar-refractivity contribution >= 4 is 22.7 Å². The number of benzene rings is 1. The van der Waals surface area contributed by atoms with E-state index in [-0.39, 0.29) is 11.0 Å². The molecule has 0 aliphatic carbocycles. The van der Waals surface area contributed by atoms with Crippen molar-refractivity contribution in [3.05, 3.63) is 35.9 Å². The number of aromatic nitrogens is 1. The van der Waals surface area contributed by atoms with Gasteiger partial charge in [0.15, 0.2) is 0 Å². The van der Waals surface area contributed by atoms with Crippen LogP contribution in [0.4, 0.5) is 5.82 Å². The van der Waals surface area contributed by atoms with Crippen LogP contribution in [0.2, 0.25) is 0 Å². The predicted octanol–water partition coefficient (Wildman–Crippen LogP) is 3.39. The van der Waals surface area contributed by atoms with E-state index in [9.17, 15) is 4.79 Å². The molecular formula is C15H18N2O2. The van der Waals surface area contributed by atoms with Gasteiger partial charge in [-0.3, -0.25) is 0 Å². The van der Waals surface area contributed by atoms with E-state index in [1.54, 1.807) is 18.2 Å². The summed E-state index contributed by atoms with van der Waals surface area (Å²) in [5, 5.41) is 13.0. The minimum Gasteiger partial charge on any atom is -0.478 e. The summed E-state index contributed by atoms with van der Waals surface area (Å²) in [7, 11) is 0. The van der Waals surface area contributed by atoms with Crippen LogP contribution in [0.3, 0.4) is 0 Å². The Labute approximate surface area is 112 Å². The summed E-state index contributed by atoms with van der Waals surface area (Å²) in [6.07, 6.45) is 0. The molecule has 0 saturated heterocycles. The van der Waals surface area contributed by atoms with Gasteiger partial charge in [-0.1, -0.05) is 26.8 Å². The Balaban J connectivity index is 2.34. The molecule has 0 fully saturated rings. The van der Waals surface area contributed by atoms with Crippen LogP contribution in [0.5, 0.6) is 0 Å². The summed E-state index contributed by atoms with van der Waals surface area (Å²) < 4.78 is 0. The maximum absolute atomic E-state index is 11.1. The molecule has 2 aromatic rings. The van der Waals surface area contributed by atoms with Crippen molar-refractivity contribution in [3.8, 4) is 0 Å². The number of fused-ring (bicyclic) bond motifs is 1. The van der Waals surface area contributed by atoms with Gasteiger partial charge in [0.2, 0.25) is 0 Å². The molecule has 0 radical (unpaired) electrons.